The number of thiazole rings is 1. The normalized spacial score (nSPS) is 12.0. The van der Waals surface area contributed by atoms with E-state index in [-0.39, 0.29) is 11.9 Å². The molecule has 0 atom stereocenters. The first-order chi connectivity index (χ1) is 12.6. The molecule has 0 saturated carbocycles. The van der Waals surface area contributed by atoms with Crippen molar-refractivity contribution < 1.29 is 14.3 Å². The van der Waals surface area contributed by atoms with E-state index in [1.807, 2.05) is 47.9 Å². The van der Waals surface area contributed by atoms with Crippen molar-refractivity contribution in [1.82, 2.24) is 4.57 Å². The second kappa shape index (κ2) is 7.93. The molecule has 0 radical (unpaired) electrons. The number of methoxy groups -OCH3 is 1. The van der Waals surface area contributed by atoms with E-state index in [1.165, 1.54) is 24.5 Å². The number of hydrogen-bond acceptors (Lipinski definition) is 4. The summed E-state index contributed by atoms with van der Waals surface area (Å²) in [6, 6.07) is 14.9. The predicted molar refractivity (Wildman–Crippen MR) is 103 cm³/mol. The maximum atomic E-state index is 12.2. The van der Waals surface area contributed by atoms with Crippen LogP contribution >= 0.6 is 11.3 Å². The molecule has 0 N–H and O–H groups in total. The molecular formula is C20H18N2O3S. The van der Waals surface area contributed by atoms with Crippen LogP contribution in [0, 0.1) is 0 Å². The minimum atomic E-state index is -0.385. The quantitative estimate of drug-likeness (QED) is 0.523. The third-order valence-electron chi connectivity index (χ3n) is 3.84. The molecule has 1 amide bonds. The number of hydrogen-bond donors (Lipinski definition) is 0. The molecule has 0 spiro atoms. The van der Waals surface area contributed by atoms with E-state index < -0.39 is 0 Å². The van der Waals surface area contributed by atoms with Crippen molar-refractivity contribution in [2.45, 2.75) is 13.5 Å². The van der Waals surface area contributed by atoms with Crippen molar-refractivity contribution in [3.05, 3.63) is 70.5 Å². The van der Waals surface area contributed by atoms with Crippen LogP contribution in [0.3, 0.4) is 0 Å². The van der Waals surface area contributed by atoms with Crippen molar-refractivity contribution >= 4 is 39.5 Å². The van der Waals surface area contributed by atoms with E-state index in [1.54, 1.807) is 18.2 Å². The summed E-state index contributed by atoms with van der Waals surface area (Å²) in [5.41, 5.74) is 2.36. The van der Waals surface area contributed by atoms with Crippen molar-refractivity contribution in [3.63, 3.8) is 0 Å². The van der Waals surface area contributed by atoms with Gasteiger partial charge in [-0.05, 0) is 36.8 Å². The fourth-order valence-electron chi connectivity index (χ4n) is 2.57. The van der Waals surface area contributed by atoms with Crippen LogP contribution in [0.25, 0.3) is 16.3 Å². The molecule has 1 heterocycles. The van der Waals surface area contributed by atoms with Crippen LogP contribution in [0.15, 0.2) is 59.6 Å². The van der Waals surface area contributed by atoms with E-state index in [2.05, 4.69) is 4.99 Å². The molecule has 6 heteroatoms. The van der Waals surface area contributed by atoms with E-state index in [0.717, 1.165) is 15.8 Å². The third-order valence-corrected chi connectivity index (χ3v) is 4.88. The Kier molecular flexibility index (Phi) is 5.43. The van der Waals surface area contributed by atoms with Crippen LogP contribution in [0.4, 0.5) is 0 Å². The number of aromatic nitrogens is 1. The number of carbonyl (C=O) groups excluding carboxylic acids is 2. The van der Waals surface area contributed by atoms with Gasteiger partial charge in [-0.25, -0.2) is 4.79 Å². The van der Waals surface area contributed by atoms with Crippen LogP contribution in [-0.4, -0.2) is 23.6 Å². The van der Waals surface area contributed by atoms with Gasteiger partial charge < -0.3 is 9.30 Å². The average Bonchev–Trinajstić information content (AvgIpc) is 3.02. The van der Waals surface area contributed by atoms with Gasteiger partial charge in [0.2, 0.25) is 0 Å². The van der Waals surface area contributed by atoms with Crippen LogP contribution in [0.1, 0.15) is 22.8 Å². The van der Waals surface area contributed by atoms with Crippen LogP contribution in [0.2, 0.25) is 0 Å². The van der Waals surface area contributed by atoms with Crippen molar-refractivity contribution in [2.75, 3.05) is 7.11 Å². The molecule has 5 nitrogen and oxygen atoms in total. The van der Waals surface area contributed by atoms with Crippen LogP contribution < -0.4 is 4.80 Å². The van der Waals surface area contributed by atoms with Gasteiger partial charge in [0.1, 0.15) is 0 Å². The lowest BCUT2D eigenvalue weighted by atomic mass is 10.2. The van der Waals surface area contributed by atoms with Gasteiger partial charge in [-0.1, -0.05) is 41.7 Å². The number of ether oxygens (including phenoxy) is 1. The monoisotopic (exact) mass is 366 g/mol. The number of nitrogens with zero attached hydrogens (tertiary/aromatic N) is 2. The zero-order chi connectivity index (χ0) is 18.5. The second-order valence-corrected chi connectivity index (χ2v) is 6.51. The third kappa shape index (κ3) is 3.81. The molecular weight excluding hydrogens is 348 g/mol. The van der Waals surface area contributed by atoms with Gasteiger partial charge in [-0.3, -0.25) is 4.79 Å². The number of rotatable bonds is 4. The van der Waals surface area contributed by atoms with Gasteiger partial charge >= 0.3 is 5.97 Å². The Bertz CT molecular complexity index is 1050. The molecule has 3 rings (SSSR count). The summed E-state index contributed by atoms with van der Waals surface area (Å²) in [7, 11) is 1.35. The van der Waals surface area contributed by atoms with E-state index >= 15 is 0 Å². The summed E-state index contributed by atoms with van der Waals surface area (Å²) in [5, 5.41) is 0. The molecule has 132 valence electrons. The standard InChI is InChI=1S/C20H18N2O3S/c1-3-22-16-11-10-15(19(24)25-2)13-17(16)26-20(22)21-18(23)12-9-14-7-5-4-6-8-14/h4-13H,3H2,1-2H3/b12-9+,21-20?. The van der Waals surface area contributed by atoms with Gasteiger partial charge in [-0.15, -0.1) is 0 Å². The summed E-state index contributed by atoms with van der Waals surface area (Å²) in [5.74, 6) is -0.709. The Morgan fingerprint density at radius 3 is 2.65 bits per heavy atom. The van der Waals surface area contributed by atoms with Gasteiger partial charge in [0.25, 0.3) is 5.91 Å². The zero-order valence-corrected chi connectivity index (χ0v) is 15.3. The first-order valence-electron chi connectivity index (χ1n) is 8.16. The van der Waals surface area contributed by atoms with Crippen LogP contribution in [-0.2, 0) is 16.1 Å². The minimum absolute atomic E-state index is 0.323. The largest absolute Gasteiger partial charge is 0.465 e. The molecule has 3 aromatic rings. The number of amides is 1. The van der Waals surface area contributed by atoms with Gasteiger partial charge in [0.05, 0.1) is 22.9 Å². The summed E-state index contributed by atoms with van der Waals surface area (Å²) >= 11 is 1.37. The molecule has 1 aromatic heterocycles. The number of carbonyl (C=O) groups is 2. The van der Waals surface area contributed by atoms with Gasteiger partial charge in [-0.2, -0.15) is 4.99 Å². The lowest BCUT2D eigenvalue weighted by Gasteiger charge is -2.01. The number of fused-ring (bicyclic) bond motifs is 1. The molecule has 0 saturated heterocycles. The molecule has 0 unspecified atom stereocenters. The Morgan fingerprint density at radius 1 is 1.19 bits per heavy atom. The molecule has 2 aromatic carbocycles. The Morgan fingerprint density at radius 2 is 1.96 bits per heavy atom. The Balaban J connectivity index is 1.98. The van der Waals surface area contributed by atoms with E-state index in [0.29, 0.717) is 16.9 Å². The first kappa shape index (κ1) is 17.8. The average molecular weight is 366 g/mol. The van der Waals surface area contributed by atoms with E-state index in [4.69, 9.17) is 4.74 Å². The van der Waals surface area contributed by atoms with Gasteiger partial charge in [0, 0.05) is 12.6 Å². The Labute approximate surface area is 154 Å². The highest BCUT2D eigenvalue weighted by atomic mass is 32.1. The smallest absolute Gasteiger partial charge is 0.337 e. The molecule has 0 bridgehead atoms. The SMILES string of the molecule is CCn1c(=NC(=O)/C=C/c2ccccc2)sc2cc(C(=O)OC)ccc21. The molecule has 0 aliphatic carbocycles. The first-order valence-corrected chi connectivity index (χ1v) is 8.97. The fraction of sp³-hybridized carbons (Fsp3) is 0.150. The fourth-order valence-corrected chi connectivity index (χ4v) is 3.71. The van der Waals surface area contributed by atoms with Crippen LogP contribution in [0.5, 0.6) is 0 Å². The summed E-state index contributed by atoms with van der Waals surface area (Å²) in [6.45, 7) is 2.66. The summed E-state index contributed by atoms with van der Waals surface area (Å²) < 4.78 is 7.60. The molecule has 26 heavy (non-hydrogen) atoms. The number of aryl methyl sites for hydroxylation is 1. The van der Waals surface area contributed by atoms with Crippen molar-refractivity contribution in [3.8, 4) is 0 Å². The highest BCUT2D eigenvalue weighted by Crippen LogP contribution is 2.19. The maximum absolute atomic E-state index is 12.2. The summed E-state index contributed by atoms with van der Waals surface area (Å²) in [4.78, 5) is 28.7. The second-order valence-electron chi connectivity index (χ2n) is 5.50. The zero-order valence-electron chi connectivity index (χ0n) is 14.5. The van der Waals surface area contributed by atoms with Crippen molar-refractivity contribution in [1.29, 1.82) is 0 Å². The predicted octanol–water partition coefficient (Wildman–Crippen LogP) is 3.65. The highest BCUT2D eigenvalue weighted by molar-refractivity contribution is 7.16. The molecule has 0 fully saturated rings. The highest BCUT2D eigenvalue weighted by Gasteiger charge is 2.10. The lowest BCUT2D eigenvalue weighted by molar-refractivity contribution is -0.113. The van der Waals surface area contributed by atoms with Gasteiger partial charge in [0.15, 0.2) is 4.80 Å². The number of benzene rings is 2. The number of esters is 1. The molecule has 0 aliphatic rings. The maximum Gasteiger partial charge on any atom is 0.337 e. The Hall–Kier alpha value is -2.99. The molecule has 0 aliphatic heterocycles. The van der Waals surface area contributed by atoms with E-state index in [9.17, 15) is 9.59 Å². The summed E-state index contributed by atoms with van der Waals surface area (Å²) in [6.07, 6.45) is 3.20. The topological polar surface area (TPSA) is 60.7 Å². The minimum Gasteiger partial charge on any atom is -0.465 e. The lowest BCUT2D eigenvalue weighted by Crippen LogP contribution is -2.15. The van der Waals surface area contributed by atoms with Crippen molar-refractivity contribution in [2.24, 2.45) is 4.99 Å².